The fourth-order valence-corrected chi connectivity index (χ4v) is 2.78. The highest BCUT2D eigenvalue weighted by atomic mass is 15.2. The van der Waals surface area contributed by atoms with E-state index in [1.54, 1.807) is 0 Å². The number of rotatable bonds is 3. The average molecular weight is 282 g/mol. The molecule has 0 spiro atoms. The van der Waals surface area contributed by atoms with Gasteiger partial charge in [0.05, 0.1) is 6.04 Å². The summed E-state index contributed by atoms with van der Waals surface area (Å²) in [7, 11) is 0. The van der Waals surface area contributed by atoms with Gasteiger partial charge in [0.25, 0.3) is 0 Å². The van der Waals surface area contributed by atoms with E-state index in [1.807, 2.05) is 24.4 Å². The lowest BCUT2D eigenvalue weighted by molar-refractivity contribution is 0.584. The standard InChI is InChI=1S/C17H22N4/c1-13-11-16(21-9-7-19-8-10-21)20-12-15(13)17(18)14-5-3-2-4-6-14/h2-6,11-12,17,19H,7-10,18H2,1H3/t17-/m1/s1. The van der Waals surface area contributed by atoms with Gasteiger partial charge >= 0.3 is 0 Å². The fraction of sp³-hybridized carbons (Fsp3) is 0.353. The largest absolute Gasteiger partial charge is 0.354 e. The molecule has 0 unspecified atom stereocenters. The van der Waals surface area contributed by atoms with Gasteiger partial charge < -0.3 is 16.0 Å². The van der Waals surface area contributed by atoms with Crippen LogP contribution in [0.25, 0.3) is 0 Å². The number of aryl methyl sites for hydroxylation is 1. The van der Waals surface area contributed by atoms with E-state index in [-0.39, 0.29) is 6.04 Å². The minimum Gasteiger partial charge on any atom is -0.354 e. The lowest BCUT2D eigenvalue weighted by Gasteiger charge is -2.29. The van der Waals surface area contributed by atoms with E-state index in [4.69, 9.17) is 5.73 Å². The number of nitrogens with one attached hydrogen (secondary N) is 1. The van der Waals surface area contributed by atoms with Gasteiger partial charge in [0.2, 0.25) is 0 Å². The number of nitrogens with zero attached hydrogens (tertiary/aromatic N) is 2. The first-order valence-corrected chi connectivity index (χ1v) is 7.48. The van der Waals surface area contributed by atoms with Gasteiger partial charge in [0, 0.05) is 32.4 Å². The van der Waals surface area contributed by atoms with E-state index in [0.717, 1.165) is 43.1 Å². The molecule has 3 N–H and O–H groups in total. The summed E-state index contributed by atoms with van der Waals surface area (Å²) in [6, 6.07) is 12.2. The lowest BCUT2D eigenvalue weighted by atomic mass is 9.97. The highest BCUT2D eigenvalue weighted by Crippen LogP contribution is 2.24. The van der Waals surface area contributed by atoms with Gasteiger partial charge in [-0.2, -0.15) is 0 Å². The van der Waals surface area contributed by atoms with Crippen LogP contribution in [0.3, 0.4) is 0 Å². The first kappa shape index (κ1) is 14.0. The second-order valence-electron chi connectivity index (χ2n) is 5.52. The van der Waals surface area contributed by atoms with Gasteiger partial charge in [-0.3, -0.25) is 0 Å². The SMILES string of the molecule is Cc1cc(N2CCNCC2)ncc1[C@H](N)c1ccccc1. The Balaban J connectivity index is 1.84. The molecular weight excluding hydrogens is 260 g/mol. The molecule has 1 atom stereocenters. The molecule has 0 radical (unpaired) electrons. The number of piperazine rings is 1. The first-order chi connectivity index (χ1) is 10.3. The summed E-state index contributed by atoms with van der Waals surface area (Å²) in [4.78, 5) is 6.95. The predicted molar refractivity (Wildman–Crippen MR) is 86.5 cm³/mol. The Morgan fingerprint density at radius 3 is 2.57 bits per heavy atom. The van der Waals surface area contributed by atoms with Crippen LogP contribution < -0.4 is 16.0 Å². The molecule has 1 aromatic heterocycles. The van der Waals surface area contributed by atoms with Gasteiger partial charge in [-0.1, -0.05) is 30.3 Å². The minimum absolute atomic E-state index is 0.115. The molecule has 21 heavy (non-hydrogen) atoms. The van der Waals surface area contributed by atoms with Crippen LogP contribution in [0.2, 0.25) is 0 Å². The zero-order valence-corrected chi connectivity index (χ0v) is 12.4. The molecule has 4 heteroatoms. The summed E-state index contributed by atoms with van der Waals surface area (Å²) in [5.74, 6) is 1.05. The maximum Gasteiger partial charge on any atom is 0.128 e. The Hall–Kier alpha value is -1.91. The van der Waals surface area contributed by atoms with Crippen molar-refractivity contribution in [3.8, 4) is 0 Å². The Morgan fingerprint density at radius 1 is 1.19 bits per heavy atom. The van der Waals surface area contributed by atoms with Gasteiger partial charge in [-0.25, -0.2) is 4.98 Å². The van der Waals surface area contributed by atoms with E-state index < -0.39 is 0 Å². The Kier molecular flexibility index (Phi) is 4.18. The molecule has 2 aromatic rings. The van der Waals surface area contributed by atoms with Crippen LogP contribution in [0, 0.1) is 6.92 Å². The van der Waals surface area contributed by atoms with Gasteiger partial charge in [-0.15, -0.1) is 0 Å². The molecule has 1 aliphatic heterocycles. The number of pyridine rings is 1. The summed E-state index contributed by atoms with van der Waals surface area (Å²) in [5.41, 5.74) is 9.81. The maximum absolute atomic E-state index is 6.38. The zero-order valence-electron chi connectivity index (χ0n) is 12.4. The van der Waals surface area contributed by atoms with E-state index in [2.05, 4.69) is 40.3 Å². The smallest absolute Gasteiger partial charge is 0.128 e. The quantitative estimate of drug-likeness (QED) is 0.902. The lowest BCUT2D eigenvalue weighted by Crippen LogP contribution is -2.43. The summed E-state index contributed by atoms with van der Waals surface area (Å²) in [5, 5.41) is 3.36. The number of nitrogens with two attached hydrogens (primary N) is 1. The molecule has 4 nitrogen and oxygen atoms in total. The Labute approximate surface area is 126 Å². The molecule has 0 amide bonds. The first-order valence-electron chi connectivity index (χ1n) is 7.48. The van der Waals surface area contributed by atoms with Crippen LogP contribution in [0.5, 0.6) is 0 Å². The summed E-state index contributed by atoms with van der Waals surface area (Å²) in [6.45, 7) is 6.18. The molecule has 2 heterocycles. The second kappa shape index (κ2) is 6.24. The molecule has 0 saturated carbocycles. The van der Waals surface area contributed by atoms with Crippen LogP contribution in [0.4, 0.5) is 5.82 Å². The maximum atomic E-state index is 6.38. The van der Waals surface area contributed by atoms with Crippen molar-refractivity contribution in [2.24, 2.45) is 5.73 Å². The van der Waals surface area contributed by atoms with Crippen molar-refractivity contribution in [3.05, 3.63) is 59.3 Å². The molecule has 0 bridgehead atoms. The van der Waals surface area contributed by atoms with Crippen LogP contribution in [0.1, 0.15) is 22.7 Å². The Morgan fingerprint density at radius 2 is 1.90 bits per heavy atom. The number of benzene rings is 1. The van der Waals surface area contributed by atoms with Crippen molar-refractivity contribution >= 4 is 5.82 Å². The van der Waals surface area contributed by atoms with Crippen molar-refractivity contribution in [3.63, 3.8) is 0 Å². The normalized spacial score (nSPS) is 16.8. The van der Waals surface area contributed by atoms with Gasteiger partial charge in [-0.05, 0) is 29.7 Å². The zero-order chi connectivity index (χ0) is 14.7. The van der Waals surface area contributed by atoms with Gasteiger partial charge in [0.15, 0.2) is 0 Å². The van der Waals surface area contributed by atoms with E-state index in [1.165, 1.54) is 5.56 Å². The number of hydrogen-bond acceptors (Lipinski definition) is 4. The molecular formula is C17H22N4. The third-order valence-corrected chi connectivity index (χ3v) is 4.07. The van der Waals surface area contributed by atoms with Crippen molar-refractivity contribution < 1.29 is 0 Å². The number of anilines is 1. The Bertz CT molecular complexity index is 591. The molecule has 110 valence electrons. The number of aromatic nitrogens is 1. The van der Waals surface area contributed by atoms with E-state index in [9.17, 15) is 0 Å². The molecule has 0 aliphatic carbocycles. The highest BCUT2D eigenvalue weighted by Gasteiger charge is 2.16. The predicted octanol–water partition coefficient (Wildman–Crippen LogP) is 1.85. The second-order valence-corrected chi connectivity index (χ2v) is 5.52. The highest BCUT2D eigenvalue weighted by molar-refractivity contribution is 5.46. The summed E-state index contributed by atoms with van der Waals surface area (Å²) < 4.78 is 0. The van der Waals surface area contributed by atoms with Crippen molar-refractivity contribution in [1.29, 1.82) is 0 Å². The van der Waals surface area contributed by atoms with E-state index >= 15 is 0 Å². The van der Waals surface area contributed by atoms with Gasteiger partial charge in [0.1, 0.15) is 5.82 Å². The summed E-state index contributed by atoms with van der Waals surface area (Å²) in [6.07, 6.45) is 1.93. The molecule has 3 rings (SSSR count). The monoisotopic (exact) mass is 282 g/mol. The molecule has 1 saturated heterocycles. The van der Waals surface area contributed by atoms with Crippen LogP contribution in [-0.2, 0) is 0 Å². The van der Waals surface area contributed by atoms with Crippen LogP contribution >= 0.6 is 0 Å². The summed E-state index contributed by atoms with van der Waals surface area (Å²) >= 11 is 0. The number of hydrogen-bond donors (Lipinski definition) is 2. The molecule has 1 fully saturated rings. The third-order valence-electron chi connectivity index (χ3n) is 4.07. The minimum atomic E-state index is -0.115. The van der Waals surface area contributed by atoms with Crippen LogP contribution in [0.15, 0.2) is 42.6 Å². The van der Waals surface area contributed by atoms with Crippen molar-refractivity contribution in [2.75, 3.05) is 31.1 Å². The van der Waals surface area contributed by atoms with Crippen LogP contribution in [-0.4, -0.2) is 31.2 Å². The third kappa shape index (κ3) is 3.06. The topological polar surface area (TPSA) is 54.2 Å². The van der Waals surface area contributed by atoms with E-state index in [0.29, 0.717) is 0 Å². The molecule has 1 aliphatic rings. The van der Waals surface area contributed by atoms with Crippen molar-refractivity contribution in [2.45, 2.75) is 13.0 Å². The fourth-order valence-electron chi connectivity index (χ4n) is 2.78. The average Bonchev–Trinajstić information content (AvgIpc) is 2.56. The molecule has 1 aromatic carbocycles. The van der Waals surface area contributed by atoms with Crippen molar-refractivity contribution in [1.82, 2.24) is 10.3 Å².